The number of rotatable bonds is 5. The van der Waals surface area contributed by atoms with Crippen molar-refractivity contribution < 1.29 is 18.3 Å². The minimum atomic E-state index is -2.86. The largest absolute Gasteiger partial charge is 0.435 e. The normalized spacial score (nSPS) is 22.1. The predicted molar refractivity (Wildman–Crippen MR) is 75.6 cm³/mol. The Balaban J connectivity index is 1.88. The van der Waals surface area contributed by atoms with Crippen molar-refractivity contribution >= 4 is 5.91 Å². The number of ether oxygens (including phenoxy) is 1. The van der Waals surface area contributed by atoms with Crippen LogP contribution < -0.4 is 15.4 Å². The van der Waals surface area contributed by atoms with Crippen molar-refractivity contribution in [2.24, 2.45) is 5.41 Å². The molecule has 1 fully saturated rings. The lowest BCUT2D eigenvalue weighted by Gasteiger charge is -2.34. The third kappa shape index (κ3) is 4.67. The molecule has 116 valence electrons. The molecule has 0 radical (unpaired) electrons. The van der Waals surface area contributed by atoms with Gasteiger partial charge in [-0.2, -0.15) is 8.78 Å². The zero-order valence-electron chi connectivity index (χ0n) is 12.0. The molecule has 1 heterocycles. The highest BCUT2D eigenvalue weighted by molar-refractivity contribution is 5.94. The van der Waals surface area contributed by atoms with Crippen LogP contribution in [0.25, 0.3) is 0 Å². The number of hydrogen-bond acceptors (Lipinski definition) is 3. The number of carbonyl (C=O) groups is 1. The molecule has 0 spiro atoms. The van der Waals surface area contributed by atoms with Gasteiger partial charge in [0.1, 0.15) is 5.75 Å². The maximum Gasteiger partial charge on any atom is 0.387 e. The topological polar surface area (TPSA) is 50.4 Å². The molecule has 1 unspecified atom stereocenters. The molecular weight excluding hydrogens is 278 g/mol. The second-order valence-electron chi connectivity index (χ2n) is 5.68. The van der Waals surface area contributed by atoms with Gasteiger partial charge in [0.25, 0.3) is 5.91 Å². The minimum absolute atomic E-state index is 0.0463. The lowest BCUT2D eigenvalue weighted by molar-refractivity contribution is -0.0498. The van der Waals surface area contributed by atoms with E-state index in [1.807, 2.05) is 0 Å². The standard InChI is InChI=1S/C15H20F2N2O2/c1-15(7-2-8-18-9-15)10-19-13(20)11-3-5-12(6-4-11)21-14(16)17/h3-6,14,18H,2,7-10H2,1H3,(H,19,20). The maximum atomic E-state index is 12.0. The lowest BCUT2D eigenvalue weighted by atomic mass is 9.83. The maximum absolute atomic E-state index is 12.0. The number of piperidine rings is 1. The Bertz CT molecular complexity index is 471. The molecule has 1 saturated heterocycles. The monoisotopic (exact) mass is 298 g/mol. The summed E-state index contributed by atoms with van der Waals surface area (Å²) in [6.07, 6.45) is 2.17. The third-order valence-electron chi connectivity index (χ3n) is 3.70. The fourth-order valence-corrected chi connectivity index (χ4v) is 2.45. The molecule has 0 saturated carbocycles. The molecule has 4 nitrogen and oxygen atoms in total. The highest BCUT2D eigenvalue weighted by atomic mass is 19.3. The van der Waals surface area contributed by atoms with Gasteiger partial charge in [0.05, 0.1) is 0 Å². The molecule has 1 aromatic rings. The van der Waals surface area contributed by atoms with E-state index in [2.05, 4.69) is 22.3 Å². The van der Waals surface area contributed by atoms with Gasteiger partial charge in [-0.3, -0.25) is 4.79 Å². The number of alkyl halides is 2. The van der Waals surface area contributed by atoms with Crippen LogP contribution in [0.1, 0.15) is 30.1 Å². The van der Waals surface area contributed by atoms with Crippen molar-refractivity contribution in [3.63, 3.8) is 0 Å². The van der Waals surface area contributed by atoms with E-state index >= 15 is 0 Å². The zero-order valence-corrected chi connectivity index (χ0v) is 12.0. The Labute approximate surface area is 122 Å². The van der Waals surface area contributed by atoms with Crippen molar-refractivity contribution in [1.29, 1.82) is 0 Å². The molecule has 0 aromatic heterocycles. The highest BCUT2D eigenvalue weighted by Crippen LogP contribution is 2.24. The summed E-state index contributed by atoms with van der Waals surface area (Å²) in [6.45, 7) is 1.78. The molecule has 6 heteroatoms. The number of nitrogens with one attached hydrogen (secondary N) is 2. The van der Waals surface area contributed by atoms with Gasteiger partial charge in [-0.1, -0.05) is 6.92 Å². The second-order valence-corrected chi connectivity index (χ2v) is 5.68. The summed E-state index contributed by atoms with van der Waals surface area (Å²) < 4.78 is 28.3. The van der Waals surface area contributed by atoms with Crippen LogP contribution in [-0.2, 0) is 0 Å². The van der Waals surface area contributed by atoms with Gasteiger partial charge in [-0.25, -0.2) is 0 Å². The van der Waals surface area contributed by atoms with Crippen molar-refractivity contribution in [3.8, 4) is 5.75 Å². The summed E-state index contributed by atoms with van der Waals surface area (Å²) in [4.78, 5) is 12.0. The highest BCUT2D eigenvalue weighted by Gasteiger charge is 2.27. The Kier molecular flexibility index (Phi) is 5.12. The predicted octanol–water partition coefficient (Wildman–Crippen LogP) is 2.41. The summed E-state index contributed by atoms with van der Waals surface area (Å²) in [5.74, 6) is -0.157. The fraction of sp³-hybridized carbons (Fsp3) is 0.533. The van der Waals surface area contributed by atoms with Gasteiger partial charge >= 0.3 is 6.61 Å². The van der Waals surface area contributed by atoms with Crippen molar-refractivity contribution in [3.05, 3.63) is 29.8 Å². The van der Waals surface area contributed by atoms with E-state index in [0.29, 0.717) is 12.1 Å². The van der Waals surface area contributed by atoms with Crippen LogP contribution in [0.15, 0.2) is 24.3 Å². The Morgan fingerprint density at radius 3 is 2.71 bits per heavy atom. The molecule has 21 heavy (non-hydrogen) atoms. The average Bonchev–Trinajstić information content (AvgIpc) is 2.46. The SMILES string of the molecule is CC1(CNC(=O)c2ccc(OC(F)F)cc2)CCCNC1. The Morgan fingerprint density at radius 1 is 1.43 bits per heavy atom. The second kappa shape index (κ2) is 6.85. The average molecular weight is 298 g/mol. The van der Waals surface area contributed by atoms with Gasteiger partial charge in [-0.15, -0.1) is 0 Å². The van der Waals surface area contributed by atoms with Gasteiger partial charge in [0.2, 0.25) is 0 Å². The fourth-order valence-electron chi connectivity index (χ4n) is 2.45. The first kappa shape index (κ1) is 15.7. The van der Waals surface area contributed by atoms with Crippen LogP contribution >= 0.6 is 0 Å². The third-order valence-corrected chi connectivity index (χ3v) is 3.70. The van der Waals surface area contributed by atoms with Crippen LogP contribution in [0.4, 0.5) is 8.78 Å². The van der Waals surface area contributed by atoms with E-state index in [-0.39, 0.29) is 17.1 Å². The molecule has 2 N–H and O–H groups in total. The van der Waals surface area contributed by atoms with E-state index < -0.39 is 6.61 Å². The summed E-state index contributed by atoms with van der Waals surface area (Å²) in [5.41, 5.74) is 0.496. The molecule has 0 bridgehead atoms. The number of amides is 1. The van der Waals surface area contributed by atoms with Crippen LogP contribution in [0.5, 0.6) is 5.75 Å². The first-order valence-corrected chi connectivity index (χ1v) is 7.02. The molecule has 0 aliphatic carbocycles. The minimum Gasteiger partial charge on any atom is -0.435 e. The van der Waals surface area contributed by atoms with Gasteiger partial charge in [-0.05, 0) is 49.1 Å². The van der Waals surface area contributed by atoms with Gasteiger partial charge in [0.15, 0.2) is 0 Å². The molecular formula is C15H20F2N2O2. The quantitative estimate of drug-likeness (QED) is 0.877. The summed E-state index contributed by atoms with van der Waals surface area (Å²) in [6, 6.07) is 5.69. The number of hydrogen-bond donors (Lipinski definition) is 2. The van der Waals surface area contributed by atoms with Crippen molar-refractivity contribution in [2.45, 2.75) is 26.4 Å². The van der Waals surface area contributed by atoms with E-state index in [4.69, 9.17) is 0 Å². The Hall–Kier alpha value is -1.69. The number of benzene rings is 1. The summed E-state index contributed by atoms with van der Waals surface area (Å²) in [7, 11) is 0. The number of carbonyl (C=O) groups excluding carboxylic acids is 1. The van der Waals surface area contributed by atoms with Crippen LogP contribution in [0.3, 0.4) is 0 Å². The first-order valence-electron chi connectivity index (χ1n) is 7.02. The lowest BCUT2D eigenvalue weighted by Crippen LogP contribution is -2.45. The molecule has 1 atom stereocenters. The number of halogens is 2. The van der Waals surface area contributed by atoms with Crippen molar-refractivity contribution in [1.82, 2.24) is 10.6 Å². The van der Waals surface area contributed by atoms with E-state index in [9.17, 15) is 13.6 Å². The van der Waals surface area contributed by atoms with E-state index in [1.165, 1.54) is 24.3 Å². The molecule has 1 amide bonds. The summed E-state index contributed by atoms with van der Waals surface area (Å²) in [5, 5.41) is 6.23. The Morgan fingerprint density at radius 2 is 2.14 bits per heavy atom. The van der Waals surface area contributed by atoms with Crippen LogP contribution in [0.2, 0.25) is 0 Å². The molecule has 1 aromatic carbocycles. The van der Waals surface area contributed by atoms with Crippen molar-refractivity contribution in [2.75, 3.05) is 19.6 Å². The van der Waals surface area contributed by atoms with Crippen LogP contribution in [0, 0.1) is 5.41 Å². The smallest absolute Gasteiger partial charge is 0.387 e. The molecule has 1 aliphatic heterocycles. The van der Waals surface area contributed by atoms with E-state index in [0.717, 1.165) is 25.9 Å². The summed E-state index contributed by atoms with van der Waals surface area (Å²) >= 11 is 0. The van der Waals surface area contributed by atoms with Crippen LogP contribution in [-0.4, -0.2) is 32.2 Å². The van der Waals surface area contributed by atoms with E-state index in [1.54, 1.807) is 0 Å². The zero-order chi connectivity index (χ0) is 15.3. The molecule has 2 rings (SSSR count). The van der Waals surface area contributed by atoms with Gasteiger partial charge in [0, 0.05) is 18.7 Å². The first-order chi connectivity index (χ1) is 9.98. The van der Waals surface area contributed by atoms with Gasteiger partial charge < -0.3 is 15.4 Å². The molecule has 1 aliphatic rings.